The van der Waals surface area contributed by atoms with Gasteiger partial charge in [-0.1, -0.05) is 168 Å². The van der Waals surface area contributed by atoms with Crippen LogP contribution in [0.2, 0.25) is 0 Å². The largest absolute Gasteiger partial charge is 0.510 e. The van der Waals surface area contributed by atoms with Crippen molar-refractivity contribution in [3.8, 4) is 0 Å². The Morgan fingerprint density at radius 1 is 0.585 bits per heavy atom. The number of aliphatic hydroxyl groups is 3. The first-order chi connectivity index (χ1) is 20.1. The molecule has 0 aliphatic carbocycles. The van der Waals surface area contributed by atoms with E-state index in [9.17, 15) is 20.1 Å². The second kappa shape index (κ2) is 31.9. The third-order valence-electron chi connectivity index (χ3n) is 8.40. The van der Waals surface area contributed by atoms with Gasteiger partial charge in [0.15, 0.2) is 0 Å². The Morgan fingerprint density at radius 3 is 1.29 bits per heavy atom. The normalized spacial score (nSPS) is 13.4. The summed E-state index contributed by atoms with van der Waals surface area (Å²) in [4.78, 5) is 12.3. The monoisotopic (exact) mass is 582 g/mol. The van der Waals surface area contributed by atoms with Crippen molar-refractivity contribution in [2.24, 2.45) is 0 Å². The number of amides is 1. The molecule has 0 aromatic carbocycles. The first-order valence-electron chi connectivity index (χ1n) is 18.0. The summed E-state index contributed by atoms with van der Waals surface area (Å²) in [5.74, 6) is -0.320. The molecule has 0 saturated carbocycles. The lowest BCUT2D eigenvalue weighted by molar-refractivity contribution is -0.123. The van der Waals surface area contributed by atoms with Crippen molar-refractivity contribution in [3.63, 3.8) is 0 Å². The van der Waals surface area contributed by atoms with Gasteiger partial charge in [-0.3, -0.25) is 4.79 Å². The second-order valence-electron chi connectivity index (χ2n) is 12.5. The molecule has 244 valence electrons. The Hall–Kier alpha value is -1.07. The fraction of sp³-hybridized carbons (Fsp3) is 0.917. The van der Waals surface area contributed by atoms with Crippen LogP contribution >= 0.6 is 0 Å². The summed E-state index contributed by atoms with van der Waals surface area (Å²) >= 11 is 0. The van der Waals surface area contributed by atoms with Gasteiger partial charge in [-0.05, 0) is 25.3 Å². The molecule has 0 saturated heterocycles. The number of unbranched alkanes of at least 4 members (excludes halogenated alkanes) is 25. The highest BCUT2D eigenvalue weighted by molar-refractivity contribution is 5.76. The van der Waals surface area contributed by atoms with E-state index in [0.29, 0.717) is 12.8 Å². The van der Waals surface area contributed by atoms with E-state index < -0.39 is 18.8 Å². The van der Waals surface area contributed by atoms with Crippen LogP contribution in [0.5, 0.6) is 0 Å². The molecule has 5 heteroatoms. The zero-order valence-electron chi connectivity index (χ0n) is 27.5. The van der Waals surface area contributed by atoms with Gasteiger partial charge in [0.2, 0.25) is 5.91 Å². The molecule has 0 heterocycles. The van der Waals surface area contributed by atoms with Gasteiger partial charge < -0.3 is 20.6 Å². The minimum atomic E-state index is -1.27. The molecule has 0 aliphatic heterocycles. The zero-order chi connectivity index (χ0) is 30.2. The maximum atomic E-state index is 12.3. The van der Waals surface area contributed by atoms with Crippen molar-refractivity contribution in [3.05, 3.63) is 11.8 Å². The van der Waals surface area contributed by atoms with E-state index >= 15 is 0 Å². The van der Waals surface area contributed by atoms with Gasteiger partial charge in [-0.2, -0.15) is 0 Å². The fourth-order valence-electron chi connectivity index (χ4n) is 5.55. The number of aliphatic hydroxyl groups excluding tert-OH is 3. The number of hydrogen-bond donors (Lipinski definition) is 4. The number of nitrogens with one attached hydrogen (secondary N) is 1. The van der Waals surface area contributed by atoms with Crippen LogP contribution in [0, 0.1) is 0 Å². The van der Waals surface area contributed by atoms with Crippen molar-refractivity contribution in [2.45, 2.75) is 206 Å². The van der Waals surface area contributed by atoms with Crippen LogP contribution in [0.4, 0.5) is 0 Å². The molecule has 0 aliphatic rings. The van der Waals surface area contributed by atoms with Gasteiger partial charge in [0.1, 0.15) is 11.9 Å². The van der Waals surface area contributed by atoms with E-state index in [0.717, 1.165) is 32.1 Å². The smallest absolute Gasteiger partial charge is 0.220 e. The van der Waals surface area contributed by atoms with Gasteiger partial charge in [0.25, 0.3) is 0 Å². The second-order valence-corrected chi connectivity index (χ2v) is 12.5. The molecule has 0 bridgehead atoms. The molecule has 0 fully saturated rings. The highest BCUT2D eigenvalue weighted by Gasteiger charge is 2.23. The molecule has 0 aromatic heterocycles. The lowest BCUT2D eigenvalue weighted by Crippen LogP contribution is -2.46. The predicted molar refractivity (Wildman–Crippen MR) is 176 cm³/mol. The Balaban J connectivity index is 3.74. The Labute approximate surface area is 255 Å². The first-order valence-corrected chi connectivity index (χ1v) is 18.0. The topological polar surface area (TPSA) is 89.8 Å². The van der Waals surface area contributed by atoms with E-state index in [-0.39, 0.29) is 11.7 Å². The standard InChI is InChI=1S/C36H71NO4/c1-3-5-7-9-11-13-15-17-18-19-21-23-25-27-29-31-35(40)37-33(32-38)36(41)34(39)30-28-26-24-22-20-16-14-12-10-8-6-4-2/h30,33,36,38-39,41H,3-29,31-32H2,1-2H3,(H,37,40)/b34-30-/t33-,36-/m0/s1. The number of hydrogen-bond acceptors (Lipinski definition) is 4. The lowest BCUT2D eigenvalue weighted by atomic mass is 10.0. The Kier molecular flexibility index (Phi) is 31.0. The minimum absolute atomic E-state index is 0.150. The summed E-state index contributed by atoms with van der Waals surface area (Å²) in [6.45, 7) is 4.12. The van der Waals surface area contributed by atoms with Crippen molar-refractivity contribution in [2.75, 3.05) is 6.61 Å². The van der Waals surface area contributed by atoms with Gasteiger partial charge in [-0.15, -0.1) is 0 Å². The summed E-state index contributed by atoms with van der Waals surface area (Å²) in [6, 6.07) is -0.868. The first kappa shape index (κ1) is 39.9. The average Bonchev–Trinajstić information content (AvgIpc) is 2.97. The van der Waals surface area contributed by atoms with Crippen molar-refractivity contribution >= 4 is 5.91 Å². The molecule has 2 atom stereocenters. The Bertz CT molecular complexity index is 580. The van der Waals surface area contributed by atoms with Gasteiger partial charge in [-0.25, -0.2) is 0 Å². The molecule has 0 aromatic rings. The number of carbonyl (C=O) groups is 1. The summed E-state index contributed by atoms with van der Waals surface area (Å²) in [5, 5.41) is 33.0. The highest BCUT2D eigenvalue weighted by atomic mass is 16.3. The van der Waals surface area contributed by atoms with E-state index in [1.54, 1.807) is 6.08 Å². The Morgan fingerprint density at radius 2 is 0.927 bits per heavy atom. The molecule has 0 radical (unpaired) electrons. The van der Waals surface area contributed by atoms with Crippen LogP contribution in [0.1, 0.15) is 194 Å². The van der Waals surface area contributed by atoms with E-state index in [4.69, 9.17) is 0 Å². The quantitative estimate of drug-likeness (QED) is 0.0470. The molecule has 41 heavy (non-hydrogen) atoms. The number of rotatable bonds is 32. The molecule has 0 rings (SSSR count). The fourth-order valence-corrected chi connectivity index (χ4v) is 5.55. The third kappa shape index (κ3) is 27.5. The van der Waals surface area contributed by atoms with Crippen LogP contribution in [-0.2, 0) is 4.79 Å². The average molecular weight is 582 g/mol. The van der Waals surface area contributed by atoms with Crippen LogP contribution in [0.15, 0.2) is 11.8 Å². The summed E-state index contributed by atoms with van der Waals surface area (Å²) in [5.41, 5.74) is 0. The SMILES string of the molecule is CCCCCCCCCCCCC/C=C(\O)[C@@H](O)[C@H](CO)NC(=O)CCCCCCCCCCCCCCCCC. The van der Waals surface area contributed by atoms with Crippen LogP contribution in [0.3, 0.4) is 0 Å². The molecule has 1 amide bonds. The van der Waals surface area contributed by atoms with Crippen molar-refractivity contribution in [1.29, 1.82) is 0 Å². The lowest BCUT2D eigenvalue weighted by Gasteiger charge is -2.22. The third-order valence-corrected chi connectivity index (χ3v) is 8.40. The van der Waals surface area contributed by atoms with Gasteiger partial charge in [0, 0.05) is 6.42 Å². The maximum Gasteiger partial charge on any atom is 0.220 e. The zero-order valence-corrected chi connectivity index (χ0v) is 27.5. The molecule has 0 unspecified atom stereocenters. The van der Waals surface area contributed by atoms with Gasteiger partial charge >= 0.3 is 0 Å². The van der Waals surface area contributed by atoms with Crippen LogP contribution < -0.4 is 5.32 Å². The summed E-state index contributed by atoms with van der Waals surface area (Å²) in [6.07, 6.45) is 34.7. The predicted octanol–water partition coefficient (Wildman–Crippen LogP) is 10.2. The highest BCUT2D eigenvalue weighted by Crippen LogP contribution is 2.15. The van der Waals surface area contributed by atoms with Crippen molar-refractivity contribution in [1.82, 2.24) is 5.32 Å². The molecular formula is C36H71NO4. The van der Waals surface area contributed by atoms with E-state index in [1.165, 1.54) is 135 Å². The van der Waals surface area contributed by atoms with E-state index in [1.807, 2.05) is 0 Å². The number of carbonyl (C=O) groups excluding carboxylic acids is 1. The maximum absolute atomic E-state index is 12.3. The van der Waals surface area contributed by atoms with Crippen molar-refractivity contribution < 1.29 is 20.1 Å². The van der Waals surface area contributed by atoms with E-state index in [2.05, 4.69) is 19.2 Å². The molecule has 4 N–H and O–H groups in total. The summed E-state index contributed by atoms with van der Waals surface area (Å²) in [7, 11) is 0. The molecular weight excluding hydrogens is 510 g/mol. The van der Waals surface area contributed by atoms with Crippen LogP contribution in [0.25, 0.3) is 0 Å². The molecule has 0 spiro atoms. The number of allylic oxidation sites excluding steroid dienone is 1. The van der Waals surface area contributed by atoms with Crippen LogP contribution in [-0.4, -0.2) is 40.0 Å². The summed E-state index contributed by atoms with van der Waals surface area (Å²) < 4.78 is 0. The minimum Gasteiger partial charge on any atom is -0.510 e. The van der Waals surface area contributed by atoms with Gasteiger partial charge in [0.05, 0.1) is 12.6 Å². The molecule has 5 nitrogen and oxygen atoms in total.